The van der Waals surface area contributed by atoms with Crippen LogP contribution in [0.25, 0.3) is 0 Å². The lowest BCUT2D eigenvalue weighted by atomic mass is 9.64. The van der Waals surface area contributed by atoms with E-state index in [9.17, 15) is 19.8 Å². The summed E-state index contributed by atoms with van der Waals surface area (Å²) >= 11 is 0. The van der Waals surface area contributed by atoms with Crippen molar-refractivity contribution in [2.45, 2.75) is 108 Å². The molecule has 1 heterocycles. The quantitative estimate of drug-likeness (QED) is 0.154. The summed E-state index contributed by atoms with van der Waals surface area (Å²) in [5, 5.41) is 27.2. The number of nitrogens with one attached hydrogen (secondary N) is 1. The van der Waals surface area contributed by atoms with Crippen molar-refractivity contribution >= 4 is 11.8 Å². The van der Waals surface area contributed by atoms with Crippen molar-refractivity contribution in [2.24, 2.45) is 5.41 Å². The molecule has 8 heteroatoms. The van der Waals surface area contributed by atoms with Gasteiger partial charge in [-0.25, -0.2) is 4.79 Å². The maximum atomic E-state index is 14.4. The molecule has 1 saturated carbocycles. The van der Waals surface area contributed by atoms with Crippen LogP contribution in [0.4, 0.5) is 4.79 Å². The first-order valence-electron chi connectivity index (χ1n) is 19.1. The minimum Gasteiger partial charge on any atom is -0.497 e. The van der Waals surface area contributed by atoms with Crippen LogP contribution in [-0.2, 0) is 11.2 Å². The number of allylic oxidation sites excluding steroid dienone is 2. The van der Waals surface area contributed by atoms with Crippen LogP contribution in [0.1, 0.15) is 117 Å². The smallest absolute Gasteiger partial charge is 0.318 e. The summed E-state index contributed by atoms with van der Waals surface area (Å²) in [5.41, 5.74) is 3.29. The average molecular weight is 709 g/mol. The summed E-state index contributed by atoms with van der Waals surface area (Å²) < 4.78 is 11.4. The van der Waals surface area contributed by atoms with Crippen LogP contribution in [0.5, 0.6) is 5.75 Å². The Bertz CT molecular complexity index is 1720. The van der Waals surface area contributed by atoms with Gasteiger partial charge in [0.15, 0.2) is 5.78 Å². The van der Waals surface area contributed by atoms with Crippen molar-refractivity contribution in [2.75, 3.05) is 26.8 Å². The summed E-state index contributed by atoms with van der Waals surface area (Å²) in [6.07, 6.45) is 7.87. The number of rotatable bonds is 9. The van der Waals surface area contributed by atoms with E-state index in [-0.39, 0.29) is 36.4 Å². The Morgan fingerprint density at radius 3 is 2.52 bits per heavy atom. The van der Waals surface area contributed by atoms with Crippen LogP contribution < -0.4 is 10.1 Å². The van der Waals surface area contributed by atoms with Gasteiger partial charge >= 0.3 is 6.03 Å². The minimum absolute atomic E-state index is 0.0856. The first-order valence-corrected chi connectivity index (χ1v) is 19.1. The lowest BCUT2D eigenvalue weighted by molar-refractivity contribution is -0.0808. The molecular weight excluding hydrogens is 652 g/mol. The normalized spacial score (nSPS) is 26.9. The third kappa shape index (κ3) is 8.30. The number of nitrogens with zero attached hydrogens (tertiary/aromatic N) is 1. The number of aliphatic hydroxyl groups excluding tert-OH is 1. The van der Waals surface area contributed by atoms with Crippen molar-refractivity contribution in [3.63, 3.8) is 0 Å². The molecule has 3 aliphatic carbocycles. The second kappa shape index (κ2) is 16.4. The zero-order valence-corrected chi connectivity index (χ0v) is 31.3. The van der Waals surface area contributed by atoms with Gasteiger partial charge in [0.25, 0.3) is 0 Å². The molecule has 52 heavy (non-hydrogen) atoms. The number of hydrogen-bond acceptors (Lipinski definition) is 6. The van der Waals surface area contributed by atoms with Crippen molar-refractivity contribution in [1.29, 1.82) is 0 Å². The zero-order chi connectivity index (χ0) is 36.9. The van der Waals surface area contributed by atoms with Crippen LogP contribution in [0, 0.1) is 5.41 Å². The van der Waals surface area contributed by atoms with Crippen LogP contribution in [0.2, 0.25) is 0 Å². The maximum Gasteiger partial charge on any atom is 0.318 e. The highest BCUT2D eigenvalue weighted by Gasteiger charge is 2.58. The number of carbonyl (C=O) groups excluding carboxylic acids is 2. The molecule has 2 amide bonds. The molecule has 1 aliphatic heterocycles. The summed E-state index contributed by atoms with van der Waals surface area (Å²) in [7, 11) is 1.60. The minimum atomic E-state index is -1.24. The molecule has 7 rings (SSSR count). The van der Waals surface area contributed by atoms with Crippen LogP contribution in [-0.4, -0.2) is 71.5 Å². The van der Waals surface area contributed by atoms with Crippen LogP contribution >= 0.6 is 0 Å². The number of ether oxygens (including phenoxy) is 2. The van der Waals surface area contributed by atoms with Crippen molar-refractivity contribution in [3.8, 4) is 5.75 Å². The summed E-state index contributed by atoms with van der Waals surface area (Å²) in [6.45, 7) is 7.48. The summed E-state index contributed by atoms with van der Waals surface area (Å²) in [5.74, 6) is 0.430. The van der Waals surface area contributed by atoms with Gasteiger partial charge in [0.2, 0.25) is 0 Å². The van der Waals surface area contributed by atoms with Gasteiger partial charge in [-0.2, -0.15) is 0 Å². The van der Waals surface area contributed by atoms with Gasteiger partial charge in [0, 0.05) is 29.7 Å². The molecule has 4 aliphatic rings. The highest BCUT2D eigenvalue weighted by atomic mass is 16.5. The molecule has 1 saturated heterocycles. The molecule has 0 radical (unpaired) electrons. The number of carbonyl (C=O) groups is 2. The van der Waals surface area contributed by atoms with Crippen molar-refractivity contribution in [3.05, 3.63) is 112 Å². The molecule has 3 aromatic carbocycles. The first kappa shape index (κ1) is 37.8. The van der Waals surface area contributed by atoms with E-state index in [1.807, 2.05) is 49.4 Å². The molecule has 2 fully saturated rings. The number of methoxy groups -OCH3 is 1. The Labute approximate surface area is 309 Å². The van der Waals surface area contributed by atoms with E-state index in [2.05, 4.69) is 31.3 Å². The summed E-state index contributed by atoms with van der Waals surface area (Å²) in [6, 6.07) is 22.7. The number of aliphatic hydroxyl groups is 2. The number of amides is 2. The molecule has 0 unspecified atom stereocenters. The molecule has 8 nitrogen and oxygen atoms in total. The van der Waals surface area contributed by atoms with Gasteiger partial charge in [-0.15, -0.1) is 0 Å². The number of hydrogen-bond donors (Lipinski definition) is 3. The highest BCUT2D eigenvalue weighted by Crippen LogP contribution is 2.59. The fraction of sp³-hybridized carbons (Fsp3) is 0.500. The second-order valence-electron chi connectivity index (χ2n) is 15.6. The number of ketones is 1. The monoisotopic (exact) mass is 708 g/mol. The largest absolute Gasteiger partial charge is 0.497 e. The SMILES string of the molecule is COc1ccc(C(=O)c2cc3ccc2[C@@H]2CC[C@@](O)(CN(C[C@H]4CCCO4)C(=O)N[C@H](C)c4ccccc4)[C@@]2(C)CCC=C(C)CC[C@H](O)C3)cc1. The van der Waals surface area contributed by atoms with Gasteiger partial charge < -0.3 is 29.9 Å². The lowest BCUT2D eigenvalue weighted by Crippen LogP contribution is -2.56. The maximum absolute atomic E-state index is 14.4. The highest BCUT2D eigenvalue weighted by molar-refractivity contribution is 6.10. The Morgan fingerprint density at radius 1 is 1.04 bits per heavy atom. The fourth-order valence-electron chi connectivity index (χ4n) is 8.77. The molecule has 0 aromatic heterocycles. The molecule has 0 spiro atoms. The zero-order valence-electron chi connectivity index (χ0n) is 31.3. The fourth-order valence-corrected chi connectivity index (χ4v) is 8.77. The third-order valence-electron chi connectivity index (χ3n) is 12.1. The lowest BCUT2D eigenvalue weighted by Gasteiger charge is -2.46. The van der Waals surface area contributed by atoms with Gasteiger partial charge in [0.1, 0.15) is 5.75 Å². The van der Waals surface area contributed by atoms with Gasteiger partial charge in [-0.05, 0) is 125 Å². The van der Waals surface area contributed by atoms with E-state index < -0.39 is 17.1 Å². The van der Waals surface area contributed by atoms with Gasteiger partial charge in [-0.1, -0.05) is 61.0 Å². The Hall–Kier alpha value is -3.98. The molecule has 2 bridgehead atoms. The second-order valence-corrected chi connectivity index (χ2v) is 15.6. The number of benzene rings is 3. The van der Waals surface area contributed by atoms with Crippen LogP contribution in [0.15, 0.2) is 84.4 Å². The van der Waals surface area contributed by atoms with Gasteiger partial charge in [0.05, 0.1) is 37.5 Å². The van der Waals surface area contributed by atoms with E-state index >= 15 is 0 Å². The molecule has 3 aromatic rings. The molecule has 6 atom stereocenters. The van der Waals surface area contributed by atoms with Crippen LogP contribution in [0.3, 0.4) is 0 Å². The topological polar surface area (TPSA) is 108 Å². The third-order valence-corrected chi connectivity index (χ3v) is 12.1. The predicted molar refractivity (Wildman–Crippen MR) is 204 cm³/mol. The predicted octanol–water partition coefficient (Wildman–Crippen LogP) is 7.92. The molecular formula is C44H56N2O6. The molecule has 3 N–H and O–H groups in total. The average Bonchev–Trinajstić information content (AvgIpc) is 3.75. The van der Waals surface area contributed by atoms with E-state index in [0.29, 0.717) is 62.1 Å². The van der Waals surface area contributed by atoms with E-state index in [0.717, 1.165) is 42.4 Å². The Kier molecular flexibility index (Phi) is 11.9. The van der Waals surface area contributed by atoms with Crippen molar-refractivity contribution < 1.29 is 29.3 Å². The molecule has 278 valence electrons. The van der Waals surface area contributed by atoms with Gasteiger partial charge in [-0.3, -0.25) is 4.79 Å². The summed E-state index contributed by atoms with van der Waals surface area (Å²) in [4.78, 5) is 30.3. The Morgan fingerprint density at radius 2 is 1.81 bits per heavy atom. The standard InChI is InChI=1S/C44H56N2O6/c1-30-10-8-23-43(3)40(38-21-15-32(26-35(47)18-14-30)27-39(38)41(48)34-16-19-36(51-4)20-17-34)22-24-44(43,50)29-46(28-37-13-9-25-52-37)42(49)45-31(2)33-11-6-5-7-12-33/h5-7,10-12,15-17,19-21,27,31,35,37,40,47,50H,8-9,13-14,18,22-26,28-29H2,1-4H3,(H,45,49)/t31-,35+,37-,40+,43+,44-/m1/s1. The number of urea groups is 1. The Balaban J connectivity index is 1.38. The first-order chi connectivity index (χ1) is 25.0. The van der Waals surface area contributed by atoms with E-state index in [1.54, 1.807) is 36.3 Å². The number of fused-ring (bicyclic) bond motifs is 8. The van der Waals surface area contributed by atoms with E-state index in [4.69, 9.17) is 9.47 Å². The van der Waals surface area contributed by atoms with Crippen molar-refractivity contribution in [1.82, 2.24) is 10.2 Å². The van der Waals surface area contributed by atoms with E-state index in [1.165, 1.54) is 5.57 Å².